The van der Waals surface area contributed by atoms with Crippen LogP contribution in [0.2, 0.25) is 0 Å². The Kier molecular flexibility index (Phi) is 14.8. The fraction of sp³-hybridized carbons (Fsp3) is 0.875. The highest BCUT2D eigenvalue weighted by molar-refractivity contribution is 5.71. The van der Waals surface area contributed by atoms with Gasteiger partial charge in [0.2, 0.25) is 0 Å². The summed E-state index contributed by atoms with van der Waals surface area (Å²) in [6.45, 7) is 8.80. The summed E-state index contributed by atoms with van der Waals surface area (Å²) < 4.78 is 31.0. The fourth-order valence-electron chi connectivity index (χ4n) is 1.44. The van der Waals surface area contributed by atoms with Gasteiger partial charge in [0.15, 0.2) is 0 Å². The van der Waals surface area contributed by atoms with Gasteiger partial charge in [-0.25, -0.2) is 4.79 Å². The monoisotopic (exact) mass is 350 g/mol. The Balaban J connectivity index is 3.15. The van der Waals surface area contributed by atoms with E-state index in [0.29, 0.717) is 59.1 Å². The van der Waals surface area contributed by atoms with Gasteiger partial charge in [-0.15, -0.1) is 0 Å². The van der Waals surface area contributed by atoms with E-state index in [1.54, 1.807) is 20.8 Å². The third kappa shape index (κ3) is 19.0. The van der Waals surface area contributed by atoms with Crippen molar-refractivity contribution in [1.82, 2.24) is 0 Å². The van der Waals surface area contributed by atoms with Gasteiger partial charge < -0.3 is 33.2 Å². The van der Waals surface area contributed by atoms with Crippen molar-refractivity contribution in [2.24, 2.45) is 0 Å². The van der Waals surface area contributed by atoms with Crippen LogP contribution in [0.3, 0.4) is 0 Å². The second-order valence-electron chi connectivity index (χ2n) is 5.72. The lowest BCUT2D eigenvalue weighted by Gasteiger charge is -2.19. The molecule has 142 valence electrons. The van der Waals surface area contributed by atoms with E-state index in [2.05, 4.69) is 0 Å². The summed E-state index contributed by atoms with van der Waals surface area (Å²) in [5.41, 5.74) is -0.499. The minimum Gasteiger partial charge on any atom is -0.458 e. The zero-order valence-electron chi connectivity index (χ0n) is 14.9. The van der Waals surface area contributed by atoms with E-state index < -0.39 is 5.60 Å². The van der Waals surface area contributed by atoms with Crippen molar-refractivity contribution >= 4 is 12.3 Å². The second kappa shape index (κ2) is 15.5. The number of carbonyl (C=O) groups excluding carboxylic acids is 2. The lowest BCUT2D eigenvalue weighted by Crippen LogP contribution is -2.27. The van der Waals surface area contributed by atoms with Crippen molar-refractivity contribution in [3.63, 3.8) is 0 Å². The van der Waals surface area contributed by atoms with E-state index in [0.717, 1.165) is 0 Å². The van der Waals surface area contributed by atoms with Crippen molar-refractivity contribution in [1.29, 1.82) is 0 Å². The zero-order valence-corrected chi connectivity index (χ0v) is 14.9. The van der Waals surface area contributed by atoms with Crippen LogP contribution in [-0.4, -0.2) is 83.9 Å². The summed E-state index contributed by atoms with van der Waals surface area (Å²) in [4.78, 5) is 21.3. The van der Waals surface area contributed by atoms with Crippen LogP contribution in [0.1, 0.15) is 20.8 Å². The highest BCUT2D eigenvalue weighted by atomic mass is 16.6. The van der Waals surface area contributed by atoms with Crippen LogP contribution in [0, 0.1) is 0 Å². The van der Waals surface area contributed by atoms with Gasteiger partial charge >= 0.3 is 5.97 Å². The van der Waals surface area contributed by atoms with Gasteiger partial charge in [-0.05, 0) is 20.8 Å². The molecule has 8 heteroatoms. The summed E-state index contributed by atoms with van der Waals surface area (Å²) in [6, 6.07) is 0. The molecule has 0 unspecified atom stereocenters. The molecule has 0 aromatic heterocycles. The van der Waals surface area contributed by atoms with Gasteiger partial charge in [0.05, 0.1) is 52.9 Å². The molecule has 0 rings (SSSR count). The summed E-state index contributed by atoms with van der Waals surface area (Å²) in [5, 5.41) is 0. The number of esters is 1. The zero-order chi connectivity index (χ0) is 18.1. The minimum absolute atomic E-state index is 0.0783. The van der Waals surface area contributed by atoms with Gasteiger partial charge in [0.25, 0.3) is 0 Å². The molecule has 0 aromatic carbocycles. The SMILES string of the molecule is CC(C)(C)OC(=O)COCCOCCOCCOCCOCC=O. The first-order valence-electron chi connectivity index (χ1n) is 8.00. The van der Waals surface area contributed by atoms with E-state index in [4.69, 9.17) is 28.4 Å². The number of hydrogen-bond donors (Lipinski definition) is 0. The first-order chi connectivity index (χ1) is 11.5. The summed E-state index contributed by atoms with van der Waals surface area (Å²) >= 11 is 0. The number of ether oxygens (including phenoxy) is 6. The van der Waals surface area contributed by atoms with Crippen LogP contribution in [-0.2, 0) is 38.0 Å². The third-order valence-corrected chi connectivity index (χ3v) is 2.31. The standard InChI is InChI=1S/C16H30O8/c1-16(2,3)24-15(18)14-23-13-12-22-11-10-21-9-8-20-7-6-19-5-4-17/h4H,5-14H2,1-3H3. The van der Waals surface area contributed by atoms with E-state index >= 15 is 0 Å². The van der Waals surface area contributed by atoms with Crippen molar-refractivity contribution in [3.8, 4) is 0 Å². The van der Waals surface area contributed by atoms with Crippen molar-refractivity contribution in [2.75, 3.05) is 66.1 Å². The van der Waals surface area contributed by atoms with E-state index in [-0.39, 0.29) is 19.2 Å². The molecule has 0 saturated carbocycles. The maximum Gasteiger partial charge on any atom is 0.332 e. The molecule has 0 spiro atoms. The molecule has 24 heavy (non-hydrogen) atoms. The summed E-state index contributed by atoms with van der Waals surface area (Å²) in [5.74, 6) is -0.387. The molecular formula is C16H30O8. The molecule has 0 saturated heterocycles. The third-order valence-electron chi connectivity index (χ3n) is 2.31. The minimum atomic E-state index is -0.499. The Labute approximate surface area is 143 Å². The largest absolute Gasteiger partial charge is 0.458 e. The highest BCUT2D eigenvalue weighted by Crippen LogP contribution is 2.06. The van der Waals surface area contributed by atoms with Gasteiger partial charge in [0, 0.05) is 0 Å². The molecule has 0 aliphatic heterocycles. The van der Waals surface area contributed by atoms with Gasteiger partial charge in [-0.2, -0.15) is 0 Å². The molecule has 0 bridgehead atoms. The number of hydrogen-bond acceptors (Lipinski definition) is 8. The Bertz CT molecular complexity index is 314. The maximum atomic E-state index is 11.3. The lowest BCUT2D eigenvalue weighted by molar-refractivity contribution is -0.160. The summed E-state index contributed by atoms with van der Waals surface area (Å²) in [6.07, 6.45) is 0.700. The molecule has 0 fully saturated rings. The molecule has 0 aromatic rings. The van der Waals surface area contributed by atoms with Gasteiger partial charge in [-0.1, -0.05) is 0 Å². The molecule has 0 atom stereocenters. The van der Waals surface area contributed by atoms with E-state index in [1.165, 1.54) is 0 Å². The Morgan fingerprint density at radius 3 is 1.58 bits per heavy atom. The van der Waals surface area contributed by atoms with Crippen molar-refractivity contribution in [3.05, 3.63) is 0 Å². The van der Waals surface area contributed by atoms with Gasteiger partial charge in [-0.3, -0.25) is 0 Å². The van der Waals surface area contributed by atoms with Crippen molar-refractivity contribution < 1.29 is 38.0 Å². The first-order valence-corrected chi connectivity index (χ1v) is 8.00. The molecule has 0 heterocycles. The predicted molar refractivity (Wildman–Crippen MR) is 86.0 cm³/mol. The fourth-order valence-corrected chi connectivity index (χ4v) is 1.44. The average Bonchev–Trinajstić information content (AvgIpc) is 2.49. The lowest BCUT2D eigenvalue weighted by atomic mass is 10.2. The molecule has 8 nitrogen and oxygen atoms in total. The topological polar surface area (TPSA) is 89.5 Å². The molecule has 0 aliphatic rings. The highest BCUT2D eigenvalue weighted by Gasteiger charge is 2.15. The Morgan fingerprint density at radius 1 is 0.750 bits per heavy atom. The molecule has 0 radical (unpaired) electrons. The molecule has 0 amide bonds. The van der Waals surface area contributed by atoms with E-state index in [1.807, 2.05) is 0 Å². The summed E-state index contributed by atoms with van der Waals surface area (Å²) in [7, 11) is 0. The first kappa shape index (κ1) is 22.9. The smallest absolute Gasteiger partial charge is 0.332 e. The van der Waals surface area contributed by atoms with Crippen molar-refractivity contribution in [2.45, 2.75) is 26.4 Å². The van der Waals surface area contributed by atoms with Crippen LogP contribution in [0.15, 0.2) is 0 Å². The second-order valence-corrected chi connectivity index (χ2v) is 5.72. The van der Waals surface area contributed by atoms with Crippen LogP contribution >= 0.6 is 0 Å². The Morgan fingerprint density at radius 2 is 1.17 bits per heavy atom. The number of aldehydes is 1. The predicted octanol–water partition coefficient (Wildman–Crippen LogP) is 0.610. The average molecular weight is 350 g/mol. The van der Waals surface area contributed by atoms with Crippen LogP contribution < -0.4 is 0 Å². The molecule has 0 aliphatic carbocycles. The number of rotatable bonds is 16. The van der Waals surface area contributed by atoms with Gasteiger partial charge in [0.1, 0.15) is 25.1 Å². The molecular weight excluding hydrogens is 320 g/mol. The quantitative estimate of drug-likeness (QED) is 0.227. The maximum absolute atomic E-state index is 11.3. The van der Waals surface area contributed by atoms with Crippen LogP contribution in [0.5, 0.6) is 0 Å². The number of carbonyl (C=O) groups is 2. The van der Waals surface area contributed by atoms with Crippen LogP contribution in [0.4, 0.5) is 0 Å². The Hall–Kier alpha value is -1.06. The van der Waals surface area contributed by atoms with Crippen LogP contribution in [0.25, 0.3) is 0 Å². The van der Waals surface area contributed by atoms with E-state index in [9.17, 15) is 9.59 Å². The normalized spacial score (nSPS) is 11.5. The molecule has 0 N–H and O–H groups in total.